The van der Waals surface area contributed by atoms with Crippen molar-refractivity contribution in [1.29, 1.82) is 0 Å². The van der Waals surface area contributed by atoms with Gasteiger partial charge in [-0.2, -0.15) is 0 Å². The van der Waals surface area contributed by atoms with Crippen molar-refractivity contribution in [3.8, 4) is 22.9 Å². The Morgan fingerprint density at radius 3 is 2.54 bits per heavy atom. The quantitative estimate of drug-likeness (QED) is 0.184. The average molecular weight is 640 g/mol. The molecule has 8 rings (SSSR count). The van der Waals surface area contributed by atoms with Gasteiger partial charge in [-0.05, 0) is 93.2 Å². The van der Waals surface area contributed by atoms with E-state index in [9.17, 15) is 4.39 Å². The van der Waals surface area contributed by atoms with E-state index >= 15 is 0 Å². The SMILES string of the molecule is Cc1cnc(-c2ccc3c(c2)nc(CN2CCC(c4cccc5c4OC(C)(c4ccc(Cl)cc4F)O5)CC2)n3C[C@@H]2CCO2)nc1. The normalized spacial score (nSPS) is 21.5. The summed E-state index contributed by atoms with van der Waals surface area (Å²) in [5, 5.41) is 0.335. The zero-order chi connectivity index (χ0) is 31.4. The van der Waals surface area contributed by atoms with E-state index in [4.69, 9.17) is 30.8 Å². The van der Waals surface area contributed by atoms with E-state index in [-0.39, 0.29) is 6.10 Å². The Bertz CT molecular complexity index is 1920. The van der Waals surface area contributed by atoms with E-state index < -0.39 is 11.6 Å². The van der Waals surface area contributed by atoms with Gasteiger partial charge in [-0.3, -0.25) is 4.90 Å². The highest BCUT2D eigenvalue weighted by Crippen LogP contribution is 2.50. The molecule has 46 heavy (non-hydrogen) atoms. The summed E-state index contributed by atoms with van der Waals surface area (Å²) < 4.78 is 35.7. The van der Waals surface area contributed by atoms with E-state index in [2.05, 4.69) is 43.7 Å². The lowest BCUT2D eigenvalue weighted by Gasteiger charge is -2.33. The first-order chi connectivity index (χ1) is 22.3. The lowest BCUT2D eigenvalue weighted by molar-refractivity contribution is -0.0712. The van der Waals surface area contributed by atoms with Gasteiger partial charge in [-0.25, -0.2) is 19.3 Å². The van der Waals surface area contributed by atoms with E-state index in [0.717, 1.165) is 85.6 Å². The molecule has 3 aliphatic rings. The van der Waals surface area contributed by atoms with Crippen LogP contribution in [0.15, 0.2) is 67.0 Å². The van der Waals surface area contributed by atoms with Gasteiger partial charge in [0.05, 0.1) is 35.8 Å². The summed E-state index contributed by atoms with van der Waals surface area (Å²) in [5.41, 5.74) is 5.47. The summed E-state index contributed by atoms with van der Waals surface area (Å²) >= 11 is 6.00. The number of halogens is 2. The van der Waals surface area contributed by atoms with Crippen LogP contribution in [-0.4, -0.2) is 50.2 Å². The lowest BCUT2D eigenvalue weighted by atomic mass is 9.88. The van der Waals surface area contributed by atoms with Crippen LogP contribution < -0.4 is 9.47 Å². The molecule has 236 valence electrons. The smallest absolute Gasteiger partial charge is 0.278 e. The Kier molecular flexibility index (Phi) is 7.43. The number of piperidine rings is 1. The maximum atomic E-state index is 14.9. The second kappa shape index (κ2) is 11.6. The summed E-state index contributed by atoms with van der Waals surface area (Å²) in [6.07, 6.45) is 6.90. The Balaban J connectivity index is 1.000. The predicted octanol–water partition coefficient (Wildman–Crippen LogP) is 7.41. The van der Waals surface area contributed by atoms with Crippen molar-refractivity contribution in [3.05, 3.63) is 100 Å². The van der Waals surface area contributed by atoms with Gasteiger partial charge >= 0.3 is 0 Å². The Morgan fingerprint density at radius 2 is 1.80 bits per heavy atom. The van der Waals surface area contributed by atoms with Crippen LogP contribution in [0, 0.1) is 12.7 Å². The van der Waals surface area contributed by atoms with E-state index in [1.165, 1.54) is 6.07 Å². The molecular formula is C36H35ClFN5O3. The first kappa shape index (κ1) is 29.4. The second-order valence-corrected chi connectivity index (χ2v) is 13.1. The Labute approximate surface area is 272 Å². The third-order valence-corrected chi connectivity index (χ3v) is 9.70. The van der Waals surface area contributed by atoms with Gasteiger partial charge in [0.25, 0.3) is 5.79 Å². The van der Waals surface area contributed by atoms with E-state index in [0.29, 0.717) is 33.8 Å². The highest BCUT2D eigenvalue weighted by molar-refractivity contribution is 6.30. The number of rotatable bonds is 7. The molecule has 3 aromatic carbocycles. The molecule has 0 saturated carbocycles. The molecule has 2 saturated heterocycles. The number of aryl methyl sites for hydroxylation is 1. The van der Waals surface area contributed by atoms with Crippen LogP contribution >= 0.6 is 11.6 Å². The van der Waals surface area contributed by atoms with Crippen LogP contribution in [0.5, 0.6) is 11.5 Å². The number of aromatic nitrogens is 4. The molecule has 1 unspecified atom stereocenters. The van der Waals surface area contributed by atoms with Crippen molar-refractivity contribution in [1.82, 2.24) is 24.4 Å². The molecule has 8 nitrogen and oxygen atoms in total. The molecular weight excluding hydrogens is 605 g/mol. The fourth-order valence-corrected chi connectivity index (χ4v) is 7.01. The highest BCUT2D eigenvalue weighted by Gasteiger charge is 2.43. The number of para-hydroxylation sites is 1. The molecule has 0 bridgehead atoms. The Morgan fingerprint density at radius 1 is 1.00 bits per heavy atom. The second-order valence-electron chi connectivity index (χ2n) is 12.7. The van der Waals surface area contributed by atoms with Gasteiger partial charge in [0, 0.05) is 42.1 Å². The molecule has 2 fully saturated rings. The van der Waals surface area contributed by atoms with Crippen LogP contribution in [-0.2, 0) is 23.6 Å². The zero-order valence-electron chi connectivity index (χ0n) is 25.9. The van der Waals surface area contributed by atoms with Crippen LogP contribution in [0.3, 0.4) is 0 Å². The van der Waals surface area contributed by atoms with Crippen molar-refractivity contribution in [2.45, 2.75) is 64.0 Å². The minimum Gasteiger partial charge on any atom is -0.444 e. The lowest BCUT2D eigenvalue weighted by Crippen LogP contribution is -2.35. The molecule has 0 aliphatic carbocycles. The van der Waals surface area contributed by atoms with Gasteiger partial charge < -0.3 is 18.8 Å². The molecule has 0 spiro atoms. The molecule has 0 radical (unpaired) electrons. The molecule has 5 aromatic rings. The molecule has 0 N–H and O–H groups in total. The first-order valence-corrected chi connectivity index (χ1v) is 16.3. The van der Waals surface area contributed by atoms with Crippen LogP contribution in [0.1, 0.15) is 54.6 Å². The molecule has 10 heteroatoms. The number of hydrogen-bond acceptors (Lipinski definition) is 7. The maximum absolute atomic E-state index is 14.9. The van der Waals surface area contributed by atoms with Crippen molar-refractivity contribution >= 4 is 22.6 Å². The zero-order valence-corrected chi connectivity index (χ0v) is 26.6. The molecule has 3 aliphatic heterocycles. The topological polar surface area (TPSA) is 74.5 Å². The predicted molar refractivity (Wildman–Crippen MR) is 174 cm³/mol. The van der Waals surface area contributed by atoms with Crippen molar-refractivity contribution in [2.75, 3.05) is 19.7 Å². The number of ether oxygens (including phenoxy) is 3. The third kappa shape index (κ3) is 5.40. The largest absolute Gasteiger partial charge is 0.444 e. The van der Waals surface area contributed by atoms with Gasteiger partial charge in [-0.15, -0.1) is 0 Å². The van der Waals surface area contributed by atoms with Crippen molar-refractivity contribution in [2.24, 2.45) is 0 Å². The molecule has 0 amide bonds. The fourth-order valence-electron chi connectivity index (χ4n) is 6.86. The average Bonchev–Trinajstić information content (AvgIpc) is 3.55. The number of benzene rings is 3. The molecule has 2 atom stereocenters. The van der Waals surface area contributed by atoms with Crippen molar-refractivity contribution in [3.63, 3.8) is 0 Å². The van der Waals surface area contributed by atoms with E-state index in [1.54, 1.807) is 19.1 Å². The van der Waals surface area contributed by atoms with Crippen LogP contribution in [0.2, 0.25) is 5.02 Å². The summed E-state index contributed by atoms with van der Waals surface area (Å²) in [5.74, 6) is 1.67. The number of imidazole rings is 1. The Hall–Kier alpha value is -4.05. The number of likely N-dealkylation sites (tertiary alicyclic amines) is 1. The number of nitrogens with zero attached hydrogens (tertiary/aromatic N) is 5. The monoisotopic (exact) mass is 639 g/mol. The maximum Gasteiger partial charge on any atom is 0.278 e. The van der Waals surface area contributed by atoms with Crippen LogP contribution in [0.4, 0.5) is 4.39 Å². The molecule has 2 aromatic heterocycles. The van der Waals surface area contributed by atoms with Gasteiger partial charge in [-0.1, -0.05) is 23.7 Å². The minimum atomic E-state index is -1.26. The highest BCUT2D eigenvalue weighted by atomic mass is 35.5. The standard InChI is InChI=1S/C36H35ClFN5O3/c1-22-18-39-35(40-19-22)24-6-9-31-30(16-24)41-33(43(31)20-26-12-15-44-26)21-42-13-10-23(11-14-42)27-4-3-5-32-34(27)46-36(2,45-32)28-8-7-25(37)17-29(28)38/h3-9,16-19,23,26H,10-15,20-21H2,1-2H3/t26-,36?/m0/s1. The minimum absolute atomic E-state index is 0.219. The van der Waals surface area contributed by atoms with Crippen LogP contribution in [0.25, 0.3) is 22.4 Å². The fraction of sp³-hybridized carbons (Fsp3) is 0.361. The summed E-state index contributed by atoms with van der Waals surface area (Å²) in [6, 6.07) is 16.9. The molecule has 5 heterocycles. The number of fused-ring (bicyclic) bond motifs is 2. The van der Waals surface area contributed by atoms with E-state index in [1.807, 2.05) is 31.5 Å². The van der Waals surface area contributed by atoms with Gasteiger partial charge in [0.2, 0.25) is 0 Å². The summed E-state index contributed by atoms with van der Waals surface area (Å²) in [4.78, 5) is 16.7. The van der Waals surface area contributed by atoms with Crippen molar-refractivity contribution < 1.29 is 18.6 Å². The number of hydrogen-bond donors (Lipinski definition) is 0. The van der Waals surface area contributed by atoms with Gasteiger partial charge in [0.15, 0.2) is 17.3 Å². The summed E-state index contributed by atoms with van der Waals surface area (Å²) in [7, 11) is 0. The third-order valence-electron chi connectivity index (χ3n) is 9.47. The first-order valence-electron chi connectivity index (χ1n) is 15.9. The summed E-state index contributed by atoms with van der Waals surface area (Å²) in [6.45, 7) is 7.95. The van der Waals surface area contributed by atoms with Gasteiger partial charge in [0.1, 0.15) is 11.6 Å².